The van der Waals surface area contributed by atoms with Crippen LogP contribution in [-0.4, -0.2) is 35.7 Å². The molecule has 0 bridgehead atoms. The number of carbonyl (C=O) groups excluding carboxylic acids is 1. The molecule has 0 spiro atoms. The molecule has 1 aliphatic heterocycles. The molecule has 2 rings (SSSR count). The van der Waals surface area contributed by atoms with Gasteiger partial charge in [-0.3, -0.25) is 4.90 Å². The number of benzene rings is 1. The zero-order chi connectivity index (χ0) is 14.0. The fourth-order valence-corrected chi connectivity index (χ4v) is 2.69. The molecule has 1 heterocycles. The molecular formula is C15H22N2O2. The first-order chi connectivity index (χ1) is 9.10. The highest BCUT2D eigenvalue weighted by Crippen LogP contribution is 2.36. The number of fused-ring (bicyclic) bond motifs is 1. The van der Waals surface area contributed by atoms with Crippen molar-refractivity contribution in [3.8, 4) is 0 Å². The third-order valence-electron chi connectivity index (χ3n) is 3.79. The highest BCUT2D eigenvalue weighted by atomic mass is 16.3. The number of anilines is 1. The van der Waals surface area contributed by atoms with E-state index in [2.05, 4.69) is 0 Å². The van der Waals surface area contributed by atoms with E-state index in [-0.39, 0.29) is 6.03 Å². The molecular weight excluding hydrogens is 240 g/mol. The smallest absolute Gasteiger partial charge is 0.324 e. The van der Waals surface area contributed by atoms with Crippen molar-refractivity contribution in [3.63, 3.8) is 0 Å². The number of aliphatic hydroxyl groups excluding tert-OH is 1. The molecule has 1 unspecified atom stereocenters. The summed E-state index contributed by atoms with van der Waals surface area (Å²) in [7, 11) is 0. The van der Waals surface area contributed by atoms with Crippen LogP contribution in [0.15, 0.2) is 18.2 Å². The van der Waals surface area contributed by atoms with Gasteiger partial charge in [-0.05, 0) is 32.8 Å². The molecule has 4 heteroatoms. The molecule has 0 aromatic heterocycles. The number of nitrogens with zero attached hydrogens (tertiary/aromatic N) is 2. The first-order valence-electron chi connectivity index (χ1n) is 6.94. The van der Waals surface area contributed by atoms with E-state index in [1.165, 1.54) is 0 Å². The maximum atomic E-state index is 12.6. The number of urea groups is 1. The topological polar surface area (TPSA) is 43.8 Å². The maximum Gasteiger partial charge on any atom is 0.324 e. The number of hydrogen-bond donors (Lipinski definition) is 1. The van der Waals surface area contributed by atoms with E-state index >= 15 is 0 Å². The second-order valence-corrected chi connectivity index (χ2v) is 4.92. The van der Waals surface area contributed by atoms with Crippen LogP contribution in [0.2, 0.25) is 0 Å². The zero-order valence-electron chi connectivity index (χ0n) is 11.9. The summed E-state index contributed by atoms with van der Waals surface area (Å²) in [5.74, 6) is 0. The summed E-state index contributed by atoms with van der Waals surface area (Å²) in [5, 5.41) is 10.1. The molecule has 0 fully saturated rings. The molecule has 19 heavy (non-hydrogen) atoms. The van der Waals surface area contributed by atoms with Crippen molar-refractivity contribution in [2.75, 3.05) is 24.5 Å². The Bertz CT molecular complexity index is 469. The molecule has 1 atom stereocenters. The highest BCUT2D eigenvalue weighted by molar-refractivity contribution is 5.94. The van der Waals surface area contributed by atoms with Crippen molar-refractivity contribution in [2.45, 2.75) is 33.3 Å². The van der Waals surface area contributed by atoms with E-state index < -0.39 is 6.10 Å². The number of hydrogen-bond acceptors (Lipinski definition) is 2. The minimum Gasteiger partial charge on any atom is -0.388 e. The summed E-state index contributed by atoms with van der Waals surface area (Å²) in [6.45, 7) is 7.94. The van der Waals surface area contributed by atoms with E-state index in [9.17, 15) is 9.90 Å². The number of para-hydroxylation sites is 1. The maximum absolute atomic E-state index is 12.6. The van der Waals surface area contributed by atoms with Crippen LogP contribution in [0.4, 0.5) is 10.5 Å². The Labute approximate surface area is 114 Å². The fraction of sp³-hybridized carbons (Fsp3) is 0.533. The number of rotatable bonds is 2. The predicted molar refractivity (Wildman–Crippen MR) is 76.4 cm³/mol. The van der Waals surface area contributed by atoms with Gasteiger partial charge in [-0.2, -0.15) is 0 Å². The second-order valence-electron chi connectivity index (χ2n) is 4.92. The van der Waals surface area contributed by atoms with Crippen molar-refractivity contribution in [3.05, 3.63) is 29.3 Å². The Kier molecular flexibility index (Phi) is 4.10. The van der Waals surface area contributed by atoms with Gasteiger partial charge in [0.1, 0.15) is 0 Å². The van der Waals surface area contributed by atoms with Crippen LogP contribution >= 0.6 is 0 Å². The Morgan fingerprint density at radius 2 is 2.11 bits per heavy atom. The van der Waals surface area contributed by atoms with Gasteiger partial charge in [0.2, 0.25) is 0 Å². The number of amides is 2. The molecule has 0 saturated heterocycles. The Balaban J connectivity index is 2.40. The van der Waals surface area contributed by atoms with Gasteiger partial charge in [-0.1, -0.05) is 18.2 Å². The van der Waals surface area contributed by atoms with Crippen LogP contribution in [0.3, 0.4) is 0 Å². The first-order valence-corrected chi connectivity index (χ1v) is 6.94. The Morgan fingerprint density at radius 1 is 1.42 bits per heavy atom. The van der Waals surface area contributed by atoms with Gasteiger partial charge in [0, 0.05) is 25.2 Å². The monoisotopic (exact) mass is 262 g/mol. The van der Waals surface area contributed by atoms with Gasteiger partial charge in [-0.15, -0.1) is 0 Å². The van der Waals surface area contributed by atoms with Gasteiger partial charge in [0.15, 0.2) is 0 Å². The third-order valence-corrected chi connectivity index (χ3v) is 3.79. The van der Waals surface area contributed by atoms with Crippen molar-refractivity contribution in [1.82, 2.24) is 4.90 Å². The lowest BCUT2D eigenvalue weighted by atomic mass is 9.96. The molecule has 4 nitrogen and oxygen atoms in total. The van der Waals surface area contributed by atoms with E-state index in [0.717, 1.165) is 16.8 Å². The summed E-state index contributed by atoms with van der Waals surface area (Å²) >= 11 is 0. The summed E-state index contributed by atoms with van der Waals surface area (Å²) in [5.41, 5.74) is 2.79. The van der Waals surface area contributed by atoms with Crippen LogP contribution in [-0.2, 0) is 0 Å². The van der Waals surface area contributed by atoms with Crippen LogP contribution in [0.5, 0.6) is 0 Å². The minimum atomic E-state index is -0.462. The quantitative estimate of drug-likeness (QED) is 0.890. The predicted octanol–water partition coefficient (Wildman–Crippen LogP) is 2.70. The molecule has 1 aromatic carbocycles. The molecule has 0 aliphatic carbocycles. The van der Waals surface area contributed by atoms with Crippen molar-refractivity contribution in [1.29, 1.82) is 0 Å². The van der Waals surface area contributed by atoms with Crippen LogP contribution < -0.4 is 4.90 Å². The number of aliphatic hydroxyl groups is 1. The lowest BCUT2D eigenvalue weighted by Gasteiger charge is -2.36. The molecule has 1 N–H and O–H groups in total. The summed E-state index contributed by atoms with van der Waals surface area (Å²) in [6.07, 6.45) is 0.138. The summed E-state index contributed by atoms with van der Waals surface area (Å²) < 4.78 is 0. The molecule has 104 valence electrons. The fourth-order valence-electron chi connectivity index (χ4n) is 2.69. The van der Waals surface area contributed by atoms with Gasteiger partial charge in [0.05, 0.1) is 11.8 Å². The second kappa shape index (κ2) is 5.61. The van der Waals surface area contributed by atoms with E-state index in [1.807, 2.05) is 48.8 Å². The number of carbonyl (C=O) groups is 1. The first kappa shape index (κ1) is 13.9. The number of aryl methyl sites for hydroxylation is 1. The van der Waals surface area contributed by atoms with Crippen molar-refractivity contribution < 1.29 is 9.90 Å². The Hall–Kier alpha value is -1.55. The SMILES string of the molecule is CCN(CC)C(=O)N1CCC(O)c2cccc(C)c21. The zero-order valence-corrected chi connectivity index (χ0v) is 11.9. The lowest BCUT2D eigenvalue weighted by Crippen LogP contribution is -2.46. The molecule has 1 aromatic rings. The molecule has 2 amide bonds. The lowest BCUT2D eigenvalue weighted by molar-refractivity contribution is 0.161. The molecule has 0 saturated carbocycles. The van der Waals surface area contributed by atoms with Crippen LogP contribution in [0.25, 0.3) is 0 Å². The largest absolute Gasteiger partial charge is 0.388 e. The summed E-state index contributed by atoms with van der Waals surface area (Å²) in [4.78, 5) is 16.2. The standard InChI is InChI=1S/C15H22N2O2/c1-4-16(5-2)15(19)17-10-9-13(18)12-8-6-7-11(3)14(12)17/h6-8,13,18H,4-5,9-10H2,1-3H3. The Morgan fingerprint density at radius 3 is 2.74 bits per heavy atom. The van der Waals surface area contributed by atoms with E-state index in [4.69, 9.17) is 0 Å². The summed E-state index contributed by atoms with van der Waals surface area (Å²) in [6, 6.07) is 5.86. The van der Waals surface area contributed by atoms with Crippen molar-refractivity contribution >= 4 is 11.7 Å². The van der Waals surface area contributed by atoms with Gasteiger partial charge in [-0.25, -0.2) is 4.79 Å². The normalized spacial score (nSPS) is 18.1. The minimum absolute atomic E-state index is 0.0347. The van der Waals surface area contributed by atoms with E-state index in [0.29, 0.717) is 26.1 Å². The highest BCUT2D eigenvalue weighted by Gasteiger charge is 2.30. The van der Waals surface area contributed by atoms with Gasteiger partial charge in [0.25, 0.3) is 0 Å². The van der Waals surface area contributed by atoms with Gasteiger partial charge < -0.3 is 10.0 Å². The van der Waals surface area contributed by atoms with Gasteiger partial charge >= 0.3 is 6.03 Å². The average Bonchev–Trinajstić information content (AvgIpc) is 2.41. The van der Waals surface area contributed by atoms with Crippen molar-refractivity contribution in [2.24, 2.45) is 0 Å². The van der Waals surface area contributed by atoms with E-state index in [1.54, 1.807) is 0 Å². The van der Waals surface area contributed by atoms with Crippen LogP contribution in [0, 0.1) is 6.92 Å². The van der Waals surface area contributed by atoms with Crippen LogP contribution in [0.1, 0.15) is 37.5 Å². The molecule has 1 aliphatic rings. The third kappa shape index (κ3) is 2.45. The average molecular weight is 262 g/mol. The molecule has 0 radical (unpaired) electrons.